The first kappa shape index (κ1) is 21.0. The van der Waals surface area contributed by atoms with Crippen molar-refractivity contribution >= 4 is 11.6 Å². The monoisotopic (exact) mass is 368 g/mol. The molecule has 0 aliphatic heterocycles. The maximum atomic E-state index is 12.2. The Morgan fingerprint density at radius 1 is 0.852 bits per heavy atom. The molecule has 0 saturated heterocycles. The smallest absolute Gasteiger partial charge is 0.203 e. The van der Waals surface area contributed by atoms with E-state index >= 15 is 0 Å². The maximum absolute atomic E-state index is 12.2. The van der Waals surface area contributed by atoms with Crippen LogP contribution in [0, 0.1) is 11.8 Å². The highest BCUT2D eigenvalue weighted by atomic mass is 16.5. The third-order valence-electron chi connectivity index (χ3n) is 4.59. The molecule has 0 aliphatic carbocycles. The normalized spacial score (nSPS) is 14.3. The number of ether oxygens (including phenoxy) is 2. The summed E-state index contributed by atoms with van der Waals surface area (Å²) in [7, 11) is 0. The van der Waals surface area contributed by atoms with Gasteiger partial charge in [0.25, 0.3) is 0 Å². The Kier molecular flexibility index (Phi) is 8.37. The molecule has 0 aromatic heterocycles. The van der Waals surface area contributed by atoms with Crippen molar-refractivity contribution in [1.29, 1.82) is 0 Å². The number of Topliss-reactive ketones (excluding diaryl/α,β-unsaturated/α-hetero) is 2. The van der Waals surface area contributed by atoms with E-state index in [1.807, 2.05) is 67.6 Å². The Balaban J connectivity index is 1.98. The fourth-order valence-electron chi connectivity index (χ4n) is 3.07. The molecule has 0 amide bonds. The number of benzene rings is 2. The van der Waals surface area contributed by atoms with Crippen LogP contribution in [-0.4, -0.2) is 24.3 Å². The predicted octanol–water partition coefficient (Wildman–Crippen LogP) is 4.22. The summed E-state index contributed by atoms with van der Waals surface area (Å²) in [6.45, 7) is 6.40. The van der Waals surface area contributed by atoms with E-state index in [0.717, 1.165) is 11.1 Å². The molecule has 2 rings (SSSR count). The predicted molar refractivity (Wildman–Crippen MR) is 105 cm³/mol. The zero-order valence-corrected chi connectivity index (χ0v) is 16.3. The van der Waals surface area contributed by atoms with Gasteiger partial charge in [0.15, 0.2) is 5.78 Å². The fraction of sp³-hybridized carbons (Fsp3) is 0.391. The molecular formula is C23H28O4. The third kappa shape index (κ3) is 6.74. The fourth-order valence-corrected chi connectivity index (χ4v) is 3.07. The lowest BCUT2D eigenvalue weighted by Crippen LogP contribution is -2.38. The van der Waals surface area contributed by atoms with Gasteiger partial charge in [0.1, 0.15) is 0 Å². The lowest BCUT2D eigenvalue weighted by Gasteiger charge is -2.28. The van der Waals surface area contributed by atoms with Gasteiger partial charge in [-0.1, -0.05) is 74.5 Å². The van der Waals surface area contributed by atoms with Gasteiger partial charge in [-0.15, -0.1) is 0 Å². The number of carbonyl (C=O) groups excluding carboxylic acids is 2. The molecule has 3 atom stereocenters. The van der Waals surface area contributed by atoms with Crippen LogP contribution in [0.15, 0.2) is 60.7 Å². The molecule has 0 saturated carbocycles. The molecule has 0 fully saturated rings. The van der Waals surface area contributed by atoms with E-state index in [9.17, 15) is 9.59 Å². The summed E-state index contributed by atoms with van der Waals surface area (Å²) in [5, 5.41) is 0. The first-order valence-corrected chi connectivity index (χ1v) is 9.31. The van der Waals surface area contributed by atoms with Gasteiger partial charge in [0, 0.05) is 18.8 Å². The van der Waals surface area contributed by atoms with Crippen molar-refractivity contribution in [2.45, 2.75) is 40.1 Å². The summed E-state index contributed by atoms with van der Waals surface area (Å²) < 4.78 is 11.9. The minimum atomic E-state index is -0.512. The molecule has 4 nitrogen and oxygen atoms in total. The standard InChI is InChI=1S/C23H28O4/c1-17(14-26-15-20-10-6-4-7-11-20)23(18(2)22(25)19(3)24)27-16-21-12-8-5-9-13-21/h4-13,17-18,23H,14-16H2,1-3H3/t17-,18+,23-/m1/s1. The van der Waals surface area contributed by atoms with E-state index in [2.05, 4.69) is 0 Å². The first-order chi connectivity index (χ1) is 13.0. The molecule has 0 heterocycles. The summed E-state index contributed by atoms with van der Waals surface area (Å²) in [6, 6.07) is 19.7. The second kappa shape index (κ2) is 10.8. The Hall–Kier alpha value is -2.30. The van der Waals surface area contributed by atoms with Gasteiger partial charge in [0.2, 0.25) is 5.78 Å². The maximum Gasteiger partial charge on any atom is 0.203 e. The molecule has 144 valence electrons. The molecule has 0 unspecified atom stereocenters. The van der Waals surface area contributed by atoms with Crippen molar-refractivity contribution in [2.24, 2.45) is 11.8 Å². The molecule has 27 heavy (non-hydrogen) atoms. The van der Waals surface area contributed by atoms with Crippen LogP contribution in [0.3, 0.4) is 0 Å². The lowest BCUT2D eigenvalue weighted by molar-refractivity contribution is -0.143. The molecular weight excluding hydrogens is 340 g/mol. The van der Waals surface area contributed by atoms with Gasteiger partial charge < -0.3 is 9.47 Å². The van der Waals surface area contributed by atoms with Crippen molar-refractivity contribution in [1.82, 2.24) is 0 Å². The number of hydrogen-bond acceptors (Lipinski definition) is 4. The molecule has 0 radical (unpaired) electrons. The van der Waals surface area contributed by atoms with Crippen LogP contribution in [0.2, 0.25) is 0 Å². The van der Waals surface area contributed by atoms with Gasteiger partial charge in [-0.25, -0.2) is 0 Å². The van der Waals surface area contributed by atoms with Crippen LogP contribution < -0.4 is 0 Å². The van der Waals surface area contributed by atoms with Gasteiger partial charge >= 0.3 is 0 Å². The average Bonchev–Trinajstić information content (AvgIpc) is 2.69. The minimum Gasteiger partial charge on any atom is -0.376 e. The van der Waals surface area contributed by atoms with Gasteiger partial charge in [-0.3, -0.25) is 9.59 Å². The van der Waals surface area contributed by atoms with E-state index in [1.165, 1.54) is 6.92 Å². The summed E-state index contributed by atoms with van der Waals surface area (Å²) in [6.07, 6.45) is -0.391. The second-order valence-corrected chi connectivity index (χ2v) is 6.95. The van der Waals surface area contributed by atoms with Crippen LogP contribution in [0.25, 0.3) is 0 Å². The van der Waals surface area contributed by atoms with Crippen LogP contribution in [0.5, 0.6) is 0 Å². The van der Waals surface area contributed by atoms with Crippen molar-refractivity contribution in [2.75, 3.05) is 6.61 Å². The van der Waals surface area contributed by atoms with Crippen LogP contribution in [0.1, 0.15) is 31.9 Å². The zero-order valence-electron chi connectivity index (χ0n) is 16.3. The highest BCUT2D eigenvalue weighted by Gasteiger charge is 2.31. The van der Waals surface area contributed by atoms with Crippen molar-refractivity contribution in [3.05, 3.63) is 71.8 Å². The number of carbonyl (C=O) groups is 2. The van der Waals surface area contributed by atoms with E-state index in [0.29, 0.717) is 19.8 Å². The van der Waals surface area contributed by atoms with Crippen molar-refractivity contribution in [3.63, 3.8) is 0 Å². The molecule has 2 aromatic carbocycles. The van der Waals surface area contributed by atoms with E-state index < -0.39 is 23.6 Å². The summed E-state index contributed by atoms with van der Waals surface area (Å²) in [5.74, 6) is -1.38. The zero-order chi connectivity index (χ0) is 19.6. The summed E-state index contributed by atoms with van der Waals surface area (Å²) in [4.78, 5) is 23.8. The van der Waals surface area contributed by atoms with Crippen LogP contribution in [0.4, 0.5) is 0 Å². The topological polar surface area (TPSA) is 52.6 Å². The highest BCUT2D eigenvalue weighted by Crippen LogP contribution is 2.21. The molecule has 0 spiro atoms. The average molecular weight is 368 g/mol. The van der Waals surface area contributed by atoms with E-state index in [4.69, 9.17) is 9.47 Å². The third-order valence-corrected chi connectivity index (χ3v) is 4.59. The molecule has 2 aromatic rings. The Bertz CT molecular complexity index is 712. The SMILES string of the molecule is CC(=O)C(=O)[C@H](C)[C@H](OCc1ccccc1)[C@H](C)COCc1ccccc1. The summed E-state index contributed by atoms with van der Waals surface area (Å²) >= 11 is 0. The van der Waals surface area contributed by atoms with Crippen molar-refractivity contribution < 1.29 is 19.1 Å². The van der Waals surface area contributed by atoms with Crippen LogP contribution in [-0.2, 0) is 32.3 Å². The van der Waals surface area contributed by atoms with E-state index in [-0.39, 0.29) is 5.92 Å². The Labute approximate surface area is 161 Å². The lowest BCUT2D eigenvalue weighted by atomic mass is 9.89. The summed E-state index contributed by atoms with van der Waals surface area (Å²) in [5.41, 5.74) is 2.13. The van der Waals surface area contributed by atoms with Gasteiger partial charge in [0.05, 0.1) is 25.9 Å². The number of hydrogen-bond donors (Lipinski definition) is 0. The Morgan fingerprint density at radius 3 is 1.89 bits per heavy atom. The minimum absolute atomic E-state index is 0.0317. The van der Waals surface area contributed by atoms with Gasteiger partial charge in [-0.05, 0) is 11.1 Å². The quantitative estimate of drug-likeness (QED) is 0.557. The second-order valence-electron chi connectivity index (χ2n) is 6.95. The molecule has 0 bridgehead atoms. The number of rotatable bonds is 11. The first-order valence-electron chi connectivity index (χ1n) is 9.31. The van der Waals surface area contributed by atoms with Crippen molar-refractivity contribution in [3.8, 4) is 0 Å². The van der Waals surface area contributed by atoms with Crippen LogP contribution >= 0.6 is 0 Å². The molecule has 0 aliphatic rings. The highest BCUT2D eigenvalue weighted by molar-refractivity contribution is 6.37. The molecule has 0 N–H and O–H groups in total. The largest absolute Gasteiger partial charge is 0.376 e. The van der Waals surface area contributed by atoms with E-state index in [1.54, 1.807) is 6.92 Å². The molecule has 4 heteroatoms. The Morgan fingerprint density at radius 2 is 1.37 bits per heavy atom. The van der Waals surface area contributed by atoms with Gasteiger partial charge in [-0.2, -0.15) is 0 Å². The number of ketones is 2.